The molecule has 0 unspecified atom stereocenters. The van der Waals surface area contributed by atoms with Crippen molar-refractivity contribution in [1.29, 1.82) is 0 Å². The Balaban J connectivity index is 2.85. The van der Waals surface area contributed by atoms with Crippen LogP contribution in [0.5, 0.6) is 0 Å². The number of carbonyl (C=O) groups is 3. The Morgan fingerprint density at radius 2 is 0.852 bits per heavy atom. The molecular formula is C16H30N4O6S. The number of thiol groups is 1. The molecule has 0 amide bonds. The first-order valence-corrected chi connectivity index (χ1v) is 9.59. The van der Waals surface area contributed by atoms with Crippen molar-refractivity contribution in [3.05, 3.63) is 0 Å². The lowest BCUT2D eigenvalue weighted by Gasteiger charge is -2.32. The Bertz CT molecular complexity index is 464. The van der Waals surface area contributed by atoms with Crippen LogP contribution in [0.25, 0.3) is 0 Å². The maximum absolute atomic E-state index is 11.1. The molecule has 3 N–H and O–H groups in total. The monoisotopic (exact) mass is 406 g/mol. The first kappa shape index (κ1) is 23.6. The summed E-state index contributed by atoms with van der Waals surface area (Å²) in [6.45, 7) is 4.45. The molecule has 1 heterocycles. The summed E-state index contributed by atoms with van der Waals surface area (Å²) in [5.74, 6) is -2.14. The quantitative estimate of drug-likeness (QED) is 0.350. The molecule has 1 aliphatic heterocycles. The summed E-state index contributed by atoms with van der Waals surface area (Å²) >= 11 is 4.26. The Hall–Kier alpha value is -1.40. The fourth-order valence-electron chi connectivity index (χ4n) is 2.99. The van der Waals surface area contributed by atoms with Crippen molar-refractivity contribution in [1.82, 2.24) is 19.6 Å². The maximum Gasteiger partial charge on any atom is 0.317 e. The van der Waals surface area contributed by atoms with Gasteiger partial charge in [0.15, 0.2) is 0 Å². The van der Waals surface area contributed by atoms with Crippen molar-refractivity contribution in [3.63, 3.8) is 0 Å². The number of rotatable bonds is 8. The summed E-state index contributed by atoms with van der Waals surface area (Å²) in [5.41, 5.74) is 0. The van der Waals surface area contributed by atoms with Crippen LogP contribution < -0.4 is 0 Å². The Labute approximate surface area is 164 Å². The van der Waals surface area contributed by atoms with Gasteiger partial charge in [-0.1, -0.05) is 0 Å². The minimum Gasteiger partial charge on any atom is -0.480 e. The molecule has 156 valence electrons. The number of carboxylic acid groups (broad SMARTS) is 3. The van der Waals surface area contributed by atoms with Gasteiger partial charge in [-0.2, -0.15) is 12.6 Å². The van der Waals surface area contributed by atoms with Gasteiger partial charge in [0.1, 0.15) is 0 Å². The number of nitrogens with zero attached hydrogens (tertiary/aromatic N) is 4. The summed E-state index contributed by atoms with van der Waals surface area (Å²) in [4.78, 5) is 40.8. The highest BCUT2D eigenvalue weighted by Crippen LogP contribution is 2.01. The van der Waals surface area contributed by atoms with Crippen molar-refractivity contribution in [2.24, 2.45) is 0 Å². The second kappa shape index (κ2) is 12.9. The van der Waals surface area contributed by atoms with E-state index in [-0.39, 0.29) is 19.6 Å². The fraction of sp³-hybridized carbons (Fsp3) is 0.812. The van der Waals surface area contributed by atoms with Gasteiger partial charge in [0.2, 0.25) is 0 Å². The highest BCUT2D eigenvalue weighted by molar-refractivity contribution is 7.80. The molecule has 0 atom stereocenters. The van der Waals surface area contributed by atoms with Gasteiger partial charge >= 0.3 is 17.9 Å². The third-order valence-electron chi connectivity index (χ3n) is 4.42. The topological polar surface area (TPSA) is 125 Å². The normalized spacial score (nSPS) is 19.9. The predicted octanol–water partition coefficient (Wildman–Crippen LogP) is -1.61. The maximum atomic E-state index is 11.1. The second-order valence-electron chi connectivity index (χ2n) is 6.57. The molecule has 27 heavy (non-hydrogen) atoms. The smallest absolute Gasteiger partial charge is 0.317 e. The molecule has 0 aromatic heterocycles. The third kappa shape index (κ3) is 11.1. The van der Waals surface area contributed by atoms with E-state index in [0.717, 1.165) is 6.54 Å². The standard InChI is InChI=1S/C16H30N4O6S/c21-14(22)11-18-3-1-17(9-10-27)2-4-19(12-15(23)24)6-8-20(7-5-18)13-16(25)26/h27H,1-13H2,(H,21,22)(H,23,24)(H,25,26). The molecule has 0 aromatic carbocycles. The van der Waals surface area contributed by atoms with Crippen LogP contribution in [0, 0.1) is 0 Å². The number of aliphatic carboxylic acids is 3. The summed E-state index contributed by atoms with van der Waals surface area (Å²) in [6, 6.07) is 0. The van der Waals surface area contributed by atoms with Gasteiger partial charge in [-0.15, -0.1) is 0 Å². The van der Waals surface area contributed by atoms with E-state index in [9.17, 15) is 14.4 Å². The highest BCUT2D eigenvalue weighted by atomic mass is 32.1. The van der Waals surface area contributed by atoms with Crippen molar-refractivity contribution in [2.45, 2.75) is 0 Å². The van der Waals surface area contributed by atoms with E-state index < -0.39 is 17.9 Å². The van der Waals surface area contributed by atoms with E-state index in [2.05, 4.69) is 17.5 Å². The molecule has 1 rings (SSSR count). The summed E-state index contributed by atoms with van der Waals surface area (Å²) in [7, 11) is 0. The first-order valence-electron chi connectivity index (χ1n) is 8.95. The second-order valence-corrected chi connectivity index (χ2v) is 7.02. The van der Waals surface area contributed by atoms with Crippen molar-refractivity contribution in [3.8, 4) is 0 Å². The van der Waals surface area contributed by atoms with Gasteiger partial charge < -0.3 is 15.3 Å². The summed E-state index contributed by atoms with van der Waals surface area (Å²) in [6.07, 6.45) is 0. The molecule has 0 aliphatic carbocycles. The van der Waals surface area contributed by atoms with Crippen molar-refractivity contribution < 1.29 is 29.7 Å². The van der Waals surface area contributed by atoms with E-state index in [4.69, 9.17) is 15.3 Å². The molecule has 10 nitrogen and oxygen atoms in total. The lowest BCUT2D eigenvalue weighted by Crippen LogP contribution is -2.48. The van der Waals surface area contributed by atoms with Gasteiger partial charge in [-0.25, -0.2) is 0 Å². The Morgan fingerprint density at radius 3 is 1.07 bits per heavy atom. The minimum absolute atomic E-state index is 0.0965. The third-order valence-corrected chi connectivity index (χ3v) is 4.62. The zero-order chi connectivity index (χ0) is 20.2. The molecule has 0 bridgehead atoms. The van der Waals surface area contributed by atoms with Crippen molar-refractivity contribution in [2.75, 3.05) is 84.3 Å². The van der Waals surface area contributed by atoms with Crippen LogP contribution in [0.4, 0.5) is 0 Å². The van der Waals surface area contributed by atoms with Crippen LogP contribution in [0.3, 0.4) is 0 Å². The number of hydrogen-bond donors (Lipinski definition) is 4. The largest absolute Gasteiger partial charge is 0.480 e. The molecule has 1 fully saturated rings. The van der Waals surface area contributed by atoms with Crippen LogP contribution in [-0.4, -0.2) is 137 Å². The molecule has 1 aliphatic rings. The SMILES string of the molecule is O=C(O)CN1CCN(CCS)CCN(CC(=O)O)CCN(CC(=O)O)CC1. The van der Waals surface area contributed by atoms with Crippen LogP contribution in [-0.2, 0) is 14.4 Å². The summed E-state index contributed by atoms with van der Waals surface area (Å²) in [5, 5.41) is 27.3. The molecule has 11 heteroatoms. The zero-order valence-corrected chi connectivity index (χ0v) is 16.4. The van der Waals surface area contributed by atoms with E-state index in [1.54, 1.807) is 14.7 Å². The van der Waals surface area contributed by atoms with Crippen LogP contribution in [0.2, 0.25) is 0 Å². The molecule has 0 saturated carbocycles. The van der Waals surface area contributed by atoms with E-state index in [0.29, 0.717) is 58.1 Å². The van der Waals surface area contributed by atoms with Crippen LogP contribution in [0.15, 0.2) is 0 Å². The van der Waals surface area contributed by atoms with Crippen molar-refractivity contribution >= 4 is 30.5 Å². The van der Waals surface area contributed by atoms with E-state index in [1.165, 1.54) is 0 Å². The lowest BCUT2D eigenvalue weighted by molar-refractivity contribution is -0.140. The molecule has 0 spiro atoms. The van der Waals surface area contributed by atoms with Gasteiger partial charge in [0.05, 0.1) is 19.6 Å². The summed E-state index contributed by atoms with van der Waals surface area (Å²) < 4.78 is 0. The van der Waals surface area contributed by atoms with Gasteiger partial charge in [0, 0.05) is 64.7 Å². The highest BCUT2D eigenvalue weighted by Gasteiger charge is 2.19. The average molecular weight is 407 g/mol. The fourth-order valence-corrected chi connectivity index (χ4v) is 3.27. The van der Waals surface area contributed by atoms with Crippen LogP contribution in [0.1, 0.15) is 0 Å². The Kier molecular flexibility index (Phi) is 11.3. The lowest BCUT2D eigenvalue weighted by atomic mass is 10.3. The first-order chi connectivity index (χ1) is 12.8. The molecule has 0 radical (unpaired) electrons. The van der Waals surface area contributed by atoms with E-state index >= 15 is 0 Å². The minimum atomic E-state index is -0.961. The van der Waals surface area contributed by atoms with Gasteiger partial charge in [0.25, 0.3) is 0 Å². The molecular weight excluding hydrogens is 376 g/mol. The Morgan fingerprint density at radius 1 is 0.593 bits per heavy atom. The number of hydrogen-bond acceptors (Lipinski definition) is 8. The number of carboxylic acids is 3. The average Bonchev–Trinajstić information content (AvgIpc) is 2.56. The van der Waals surface area contributed by atoms with Gasteiger partial charge in [-0.05, 0) is 0 Å². The van der Waals surface area contributed by atoms with E-state index in [1.807, 2.05) is 0 Å². The molecule has 0 aromatic rings. The van der Waals surface area contributed by atoms with Crippen LogP contribution >= 0.6 is 12.6 Å². The molecule has 1 saturated heterocycles. The van der Waals surface area contributed by atoms with Gasteiger partial charge in [-0.3, -0.25) is 34.0 Å². The predicted molar refractivity (Wildman–Crippen MR) is 103 cm³/mol. The zero-order valence-electron chi connectivity index (χ0n) is 15.5.